The van der Waals surface area contributed by atoms with Crippen LogP contribution >= 0.6 is 0 Å². The minimum absolute atomic E-state index is 0.0461. The molecule has 0 aliphatic rings. The average molecular weight is 248 g/mol. The Bertz CT molecular complexity index is 382. The highest BCUT2D eigenvalue weighted by atomic mass is 19.4. The molecule has 0 bridgehead atoms. The molecule has 0 aliphatic carbocycles. The summed E-state index contributed by atoms with van der Waals surface area (Å²) in [6.45, 7) is 2.44. The number of ketones is 1. The van der Waals surface area contributed by atoms with Crippen LogP contribution in [0.3, 0.4) is 0 Å². The molecule has 1 aromatic rings. The summed E-state index contributed by atoms with van der Waals surface area (Å²) >= 11 is 0. The summed E-state index contributed by atoms with van der Waals surface area (Å²) in [5.41, 5.74) is 0.441. The van der Waals surface area contributed by atoms with E-state index in [1.807, 2.05) is 0 Å². The number of Topliss-reactive ketones (excluding diaryl/α,β-unsaturated/α-hetero) is 1. The summed E-state index contributed by atoms with van der Waals surface area (Å²) < 4.78 is 37.5. The molecule has 0 aliphatic heterocycles. The van der Waals surface area contributed by atoms with Gasteiger partial charge in [0.05, 0.1) is 0 Å². The van der Waals surface area contributed by atoms with Gasteiger partial charge < -0.3 is 0 Å². The molecular formula is C11H15F3N2O. The monoisotopic (exact) mass is 248 g/mol. The fourth-order valence-electron chi connectivity index (χ4n) is 1.42. The SMILES string of the molecule is CC(C)C(=O)CCc1ccnn1CC(F)(F)F. The first kappa shape index (κ1) is 13.7. The van der Waals surface area contributed by atoms with Crippen LogP contribution in [0.5, 0.6) is 0 Å². The molecule has 0 radical (unpaired) electrons. The van der Waals surface area contributed by atoms with Gasteiger partial charge in [-0.2, -0.15) is 18.3 Å². The lowest BCUT2D eigenvalue weighted by atomic mass is 10.0. The van der Waals surface area contributed by atoms with Crippen molar-refractivity contribution < 1.29 is 18.0 Å². The van der Waals surface area contributed by atoms with E-state index >= 15 is 0 Å². The van der Waals surface area contributed by atoms with E-state index in [1.54, 1.807) is 13.8 Å². The molecule has 96 valence electrons. The Kier molecular flexibility index (Phi) is 4.31. The van der Waals surface area contributed by atoms with Gasteiger partial charge in [-0.05, 0) is 12.5 Å². The molecule has 0 N–H and O–H groups in total. The Balaban J connectivity index is 2.61. The van der Waals surface area contributed by atoms with Crippen LogP contribution in [0.1, 0.15) is 26.0 Å². The Morgan fingerprint density at radius 2 is 2.12 bits per heavy atom. The summed E-state index contributed by atoms with van der Waals surface area (Å²) in [6.07, 6.45) is -2.42. The van der Waals surface area contributed by atoms with Gasteiger partial charge in [0.25, 0.3) is 0 Å². The lowest BCUT2D eigenvalue weighted by Crippen LogP contribution is -2.20. The van der Waals surface area contributed by atoms with E-state index in [1.165, 1.54) is 12.3 Å². The van der Waals surface area contributed by atoms with Crippen LogP contribution < -0.4 is 0 Å². The van der Waals surface area contributed by atoms with Crippen LogP contribution in [-0.2, 0) is 17.8 Å². The third-order valence-electron chi connectivity index (χ3n) is 2.41. The number of hydrogen-bond acceptors (Lipinski definition) is 2. The maximum atomic E-state index is 12.2. The van der Waals surface area contributed by atoms with Gasteiger partial charge in [0, 0.05) is 24.2 Å². The van der Waals surface area contributed by atoms with Gasteiger partial charge in [-0.15, -0.1) is 0 Å². The van der Waals surface area contributed by atoms with E-state index in [4.69, 9.17) is 0 Å². The molecule has 6 heteroatoms. The predicted octanol–water partition coefficient (Wildman–Crippen LogP) is 2.60. The quantitative estimate of drug-likeness (QED) is 0.802. The van der Waals surface area contributed by atoms with Crippen molar-refractivity contribution in [3.05, 3.63) is 18.0 Å². The minimum Gasteiger partial charge on any atom is -0.299 e. The molecule has 0 saturated carbocycles. The first-order valence-corrected chi connectivity index (χ1v) is 5.40. The summed E-state index contributed by atoms with van der Waals surface area (Å²) in [6, 6.07) is 1.51. The minimum atomic E-state index is -4.29. The van der Waals surface area contributed by atoms with Crippen molar-refractivity contribution in [2.24, 2.45) is 5.92 Å². The molecule has 3 nitrogen and oxygen atoms in total. The summed E-state index contributed by atoms with van der Waals surface area (Å²) in [5.74, 6) is -0.0428. The number of carbonyl (C=O) groups excluding carboxylic acids is 1. The zero-order chi connectivity index (χ0) is 13.1. The second-order valence-electron chi connectivity index (χ2n) is 4.22. The van der Waals surface area contributed by atoms with E-state index in [2.05, 4.69) is 5.10 Å². The van der Waals surface area contributed by atoms with Gasteiger partial charge in [-0.25, -0.2) is 0 Å². The van der Waals surface area contributed by atoms with Gasteiger partial charge >= 0.3 is 6.18 Å². The molecule has 1 heterocycles. The lowest BCUT2D eigenvalue weighted by molar-refractivity contribution is -0.143. The molecule has 0 spiro atoms. The molecule has 1 aromatic heterocycles. The maximum Gasteiger partial charge on any atom is 0.408 e. The van der Waals surface area contributed by atoms with Gasteiger partial charge in [-0.1, -0.05) is 13.8 Å². The maximum absolute atomic E-state index is 12.2. The Labute approximate surface area is 97.6 Å². The van der Waals surface area contributed by atoms with Crippen LogP contribution in [-0.4, -0.2) is 21.7 Å². The smallest absolute Gasteiger partial charge is 0.299 e. The molecule has 0 atom stereocenters. The van der Waals surface area contributed by atoms with Crippen molar-refractivity contribution in [2.45, 2.75) is 39.4 Å². The zero-order valence-electron chi connectivity index (χ0n) is 9.79. The normalized spacial score (nSPS) is 12.1. The third-order valence-corrected chi connectivity index (χ3v) is 2.41. The van der Waals surface area contributed by atoms with Crippen molar-refractivity contribution in [1.82, 2.24) is 9.78 Å². The van der Waals surface area contributed by atoms with Crippen LogP contribution in [0.25, 0.3) is 0 Å². The molecule has 0 unspecified atom stereocenters. The molecule has 0 fully saturated rings. The largest absolute Gasteiger partial charge is 0.408 e. The second-order valence-corrected chi connectivity index (χ2v) is 4.22. The van der Waals surface area contributed by atoms with E-state index in [0.29, 0.717) is 12.1 Å². The molecule has 0 amide bonds. The number of carbonyl (C=O) groups is 1. The van der Waals surface area contributed by atoms with Gasteiger partial charge in [0.1, 0.15) is 12.3 Å². The van der Waals surface area contributed by atoms with Gasteiger partial charge in [-0.3, -0.25) is 9.48 Å². The number of hydrogen-bond donors (Lipinski definition) is 0. The standard InChI is InChI=1S/C11H15F3N2O/c1-8(2)10(17)4-3-9-5-6-15-16(9)7-11(12,13)14/h5-6,8H,3-4,7H2,1-2H3. The second kappa shape index (κ2) is 5.33. The van der Waals surface area contributed by atoms with Crippen molar-refractivity contribution in [3.63, 3.8) is 0 Å². The number of rotatable bonds is 5. The fraction of sp³-hybridized carbons (Fsp3) is 0.636. The van der Waals surface area contributed by atoms with Crippen LogP contribution in [0.15, 0.2) is 12.3 Å². The Hall–Kier alpha value is -1.33. The topological polar surface area (TPSA) is 34.9 Å². The van der Waals surface area contributed by atoms with Gasteiger partial charge in [0.15, 0.2) is 0 Å². The highest BCUT2D eigenvalue weighted by Crippen LogP contribution is 2.18. The Morgan fingerprint density at radius 1 is 1.47 bits per heavy atom. The summed E-state index contributed by atoms with van der Waals surface area (Å²) in [5, 5.41) is 3.61. The van der Waals surface area contributed by atoms with Crippen molar-refractivity contribution >= 4 is 5.78 Å². The highest BCUT2D eigenvalue weighted by Gasteiger charge is 2.29. The van der Waals surface area contributed by atoms with E-state index in [-0.39, 0.29) is 18.1 Å². The number of aromatic nitrogens is 2. The van der Waals surface area contributed by atoms with Crippen molar-refractivity contribution in [1.29, 1.82) is 0 Å². The van der Waals surface area contributed by atoms with Gasteiger partial charge in [0.2, 0.25) is 0 Å². The lowest BCUT2D eigenvalue weighted by Gasteiger charge is -2.10. The van der Waals surface area contributed by atoms with E-state index < -0.39 is 12.7 Å². The Morgan fingerprint density at radius 3 is 2.65 bits per heavy atom. The van der Waals surface area contributed by atoms with Crippen LogP contribution in [0.4, 0.5) is 13.2 Å². The molecule has 0 aromatic carbocycles. The summed E-state index contributed by atoms with van der Waals surface area (Å²) in [7, 11) is 0. The van der Waals surface area contributed by atoms with Crippen LogP contribution in [0.2, 0.25) is 0 Å². The molecule has 17 heavy (non-hydrogen) atoms. The molecular weight excluding hydrogens is 233 g/mol. The number of aryl methyl sites for hydroxylation is 1. The third kappa shape index (κ3) is 4.58. The average Bonchev–Trinajstić information content (AvgIpc) is 2.58. The van der Waals surface area contributed by atoms with E-state index in [0.717, 1.165) is 4.68 Å². The number of alkyl halides is 3. The number of halogens is 3. The molecule has 1 rings (SSSR count). The summed E-state index contributed by atoms with van der Waals surface area (Å²) in [4.78, 5) is 11.4. The van der Waals surface area contributed by atoms with Crippen molar-refractivity contribution in [2.75, 3.05) is 0 Å². The van der Waals surface area contributed by atoms with Crippen molar-refractivity contribution in [3.8, 4) is 0 Å². The predicted molar refractivity (Wildman–Crippen MR) is 56.4 cm³/mol. The van der Waals surface area contributed by atoms with Crippen LogP contribution in [0, 0.1) is 5.92 Å². The first-order valence-electron chi connectivity index (χ1n) is 5.40. The fourth-order valence-corrected chi connectivity index (χ4v) is 1.42. The number of nitrogens with zero attached hydrogens (tertiary/aromatic N) is 2. The zero-order valence-corrected chi connectivity index (χ0v) is 9.79. The highest BCUT2D eigenvalue weighted by molar-refractivity contribution is 5.80. The van der Waals surface area contributed by atoms with E-state index in [9.17, 15) is 18.0 Å². The molecule has 0 saturated heterocycles. The first-order chi connectivity index (χ1) is 7.79.